The fourth-order valence-electron chi connectivity index (χ4n) is 0. The van der Waals surface area contributed by atoms with Gasteiger partial charge in [0.15, 0.2) is 0 Å². The maximum atomic E-state index is 8.52. The van der Waals surface area contributed by atoms with Crippen LogP contribution in [0.15, 0.2) is 0 Å². The topological polar surface area (TPSA) is 218 Å². The molecule has 0 aromatic rings. The van der Waals surface area contributed by atoms with Gasteiger partial charge in [-0.3, -0.25) is 16.8 Å². The van der Waals surface area contributed by atoms with Crippen LogP contribution in [-0.4, -0.2) is 35.0 Å². The second kappa shape index (κ2) is 7.32. The van der Waals surface area contributed by atoms with Gasteiger partial charge in [0.2, 0.25) is 0 Å². The lowest BCUT2D eigenvalue weighted by Crippen LogP contribution is -1.91. The summed E-state index contributed by atoms with van der Waals surface area (Å²) in [7, 11) is -10.3. The first-order valence-electron chi connectivity index (χ1n) is 1.33. The Morgan fingerprint density at radius 1 is 0.583 bits per heavy atom. The van der Waals surface area contributed by atoms with E-state index in [0.717, 1.165) is 0 Å². The molecule has 0 unspecified atom stereocenters. The van der Waals surface area contributed by atoms with Crippen molar-refractivity contribution in [3.63, 3.8) is 0 Å². The summed E-state index contributed by atoms with van der Waals surface area (Å²) in [6, 6.07) is 0. The van der Waals surface area contributed by atoms with Crippen LogP contribution in [0.4, 0.5) is 0 Å². The largest absolute Gasteiger partial charge is 2.00 e. The third kappa shape index (κ3) is 6270. The molecule has 0 saturated carbocycles. The lowest BCUT2D eigenvalue weighted by atomic mass is 15.8. The van der Waals surface area contributed by atoms with Crippen LogP contribution in [-0.2, 0) is 31.8 Å². The van der Waals surface area contributed by atoms with Crippen molar-refractivity contribution in [3.05, 3.63) is 0 Å². The molecule has 0 aromatic carbocycles. The van der Waals surface area contributed by atoms with Gasteiger partial charge in [0.25, 0.3) is 0 Å². The zero-order valence-electron chi connectivity index (χ0n) is 4.90. The molecular formula is O10S2. The highest BCUT2D eigenvalue weighted by Gasteiger charge is 2.00. The van der Waals surface area contributed by atoms with E-state index in [4.69, 9.17) is 35.0 Å². The molecule has 0 aliphatic carbocycles. The van der Waals surface area contributed by atoms with Crippen molar-refractivity contribution >= 4 is 20.8 Å². The summed E-state index contributed by atoms with van der Waals surface area (Å²) in [5, 5.41) is 0. The summed E-state index contributed by atoms with van der Waals surface area (Å²) in [5.41, 5.74) is 0. The maximum Gasteiger partial charge on any atom is 2.00 e. The van der Waals surface area contributed by atoms with Crippen LogP contribution < -0.4 is 0 Å². The Morgan fingerprint density at radius 2 is 0.583 bits per heavy atom. The second-order valence-electron chi connectivity index (χ2n) is 0.816. The maximum absolute atomic E-state index is 8.52. The normalized spacial score (nSPS) is 9.67. The Bertz CT molecular complexity index is 204. The Kier molecular flexibility index (Phi) is 13.8. The highest BCUT2D eigenvalue weighted by Crippen LogP contribution is 1.58. The van der Waals surface area contributed by atoms with E-state index in [9.17, 15) is 0 Å². The van der Waals surface area contributed by atoms with Gasteiger partial charge >= 0.3 is 11.0 Å². The fourth-order valence-corrected chi connectivity index (χ4v) is 0. The van der Waals surface area contributed by atoms with E-state index in [0.29, 0.717) is 0 Å². The van der Waals surface area contributed by atoms with Gasteiger partial charge in [-0.1, -0.05) is 0 Å². The number of rotatable bonds is 0. The van der Waals surface area contributed by atoms with Gasteiger partial charge in [-0.15, -0.1) is 0 Å². The van der Waals surface area contributed by atoms with Gasteiger partial charge in [-0.2, -0.15) is 0 Å². The molecule has 0 rings (SSSR count). The summed E-state index contributed by atoms with van der Waals surface area (Å²) in [4.78, 5) is 0. The van der Waals surface area contributed by atoms with E-state index in [2.05, 4.69) is 0 Å². The fraction of sp³-hybridized carbons (Fsp3) is 0. The third-order valence-electron chi connectivity index (χ3n) is 0. The summed E-state index contributed by atoms with van der Waals surface area (Å²) < 4.78 is 68.2. The lowest BCUT2D eigenvalue weighted by Gasteiger charge is -2.06. The van der Waals surface area contributed by atoms with Crippen molar-refractivity contribution in [1.82, 2.24) is 0 Å². The van der Waals surface area contributed by atoms with Crippen molar-refractivity contribution in [2.24, 2.45) is 0 Å². The third-order valence-corrected chi connectivity index (χ3v) is 0. The van der Waals surface area contributed by atoms with Crippen LogP contribution in [0.1, 0.15) is 0 Å². The van der Waals surface area contributed by atoms with Crippen LogP contribution in [0.3, 0.4) is 0 Å². The molecule has 72 valence electrons. The molecule has 0 atom stereocenters. The van der Waals surface area contributed by atoms with Crippen molar-refractivity contribution in [1.29, 1.82) is 0 Å². The van der Waals surface area contributed by atoms with E-state index in [1.165, 1.54) is 0 Å². The Hall–Kier alpha value is -0.340. The predicted octanol–water partition coefficient (Wildman–Crippen LogP) is -2.91. The van der Waals surface area contributed by atoms with Gasteiger partial charge in [0.1, 0.15) is 0 Å². The van der Waals surface area contributed by atoms with Crippen LogP contribution in [0.25, 0.3) is 0 Å². The summed E-state index contributed by atoms with van der Waals surface area (Å²) in [6.45, 7) is 0. The predicted molar refractivity (Wildman–Crippen MR) is 22.3 cm³/mol. The number of hydrogen-bond donors (Lipinski definition) is 0. The zero-order valence-corrected chi connectivity index (χ0v) is 6.53. The monoisotopic (exact) mass is 224 g/mol. The average molecular weight is 224 g/mol. The molecule has 12 heteroatoms. The van der Waals surface area contributed by atoms with Crippen molar-refractivity contribution in [2.45, 2.75) is 0 Å². The minimum absolute atomic E-state index is 0. The molecule has 8 radical (unpaired) electrons. The first-order valence-corrected chi connectivity index (χ1v) is 4.00. The van der Waals surface area contributed by atoms with E-state index >= 15 is 0 Å². The van der Waals surface area contributed by atoms with Crippen LogP contribution in [0.5, 0.6) is 0 Å². The van der Waals surface area contributed by atoms with E-state index in [1.54, 1.807) is 0 Å². The number of hydrogen-bond acceptors (Lipinski definition) is 8. The molecule has 0 amide bonds. The molecule has 0 heterocycles. The smallest absolute Gasteiger partial charge is 0.759 e. The van der Waals surface area contributed by atoms with Crippen molar-refractivity contribution in [3.8, 4) is 0 Å². The quantitative estimate of drug-likeness (QED) is 0.305. The van der Waals surface area contributed by atoms with Crippen LogP contribution in [0, 0.1) is 0 Å². The summed E-state index contributed by atoms with van der Waals surface area (Å²) >= 11 is 0. The molecule has 10 nitrogen and oxygen atoms in total. The standard InChI is InChI=1S/2H2O4S.2O/c2*1-5(2,3)4;;/h2*(H2,1,2,3,4);;/q;;2*+2/p-4. The Balaban J connectivity index is -0.0000000457. The molecule has 0 spiro atoms. The van der Waals surface area contributed by atoms with Gasteiger partial charge in [-0.25, -0.2) is 0 Å². The second-order valence-corrected chi connectivity index (χ2v) is 2.45. The van der Waals surface area contributed by atoms with Gasteiger partial charge in [0.05, 0.1) is 0 Å². The van der Waals surface area contributed by atoms with Crippen molar-refractivity contribution < 1.29 is 46.0 Å². The Labute approximate surface area is 67.6 Å². The van der Waals surface area contributed by atoms with Gasteiger partial charge in [0, 0.05) is 20.8 Å². The summed E-state index contributed by atoms with van der Waals surface area (Å²) in [5.74, 6) is 0. The van der Waals surface area contributed by atoms with E-state index in [1.807, 2.05) is 0 Å². The average Bonchev–Trinajstić information content (AvgIpc) is 1.12. The highest BCUT2D eigenvalue weighted by atomic mass is 32.3. The molecule has 0 N–H and O–H groups in total. The first kappa shape index (κ1) is 22.6. The first-order chi connectivity index (χ1) is 4.00. The van der Waals surface area contributed by atoms with Crippen LogP contribution >= 0.6 is 0 Å². The molecule has 0 bridgehead atoms. The SMILES string of the molecule is O=S(=O)([O-])[O-].O=S(=O)([O-])[O-].[O+2].[O+2]. The molecule has 12 heavy (non-hydrogen) atoms. The summed E-state index contributed by atoms with van der Waals surface area (Å²) in [6.07, 6.45) is 0. The Morgan fingerprint density at radius 3 is 0.583 bits per heavy atom. The van der Waals surface area contributed by atoms with E-state index in [-0.39, 0.29) is 11.0 Å². The molecular weight excluding hydrogens is 224 g/mol. The molecule has 0 aliphatic rings. The molecule has 0 aliphatic heterocycles. The minimum Gasteiger partial charge on any atom is -0.759 e. The van der Waals surface area contributed by atoms with Crippen molar-refractivity contribution in [2.75, 3.05) is 0 Å². The lowest BCUT2D eigenvalue weighted by molar-refractivity contribution is 0.350. The highest BCUT2D eigenvalue weighted by molar-refractivity contribution is 7.79. The van der Waals surface area contributed by atoms with Gasteiger partial charge in [-0.05, 0) is 0 Å². The molecule has 0 aromatic heterocycles. The molecule has 0 fully saturated rings. The van der Waals surface area contributed by atoms with Gasteiger partial charge < -0.3 is 18.2 Å². The molecule has 0 saturated heterocycles. The zero-order chi connectivity index (χ0) is 9.00. The van der Waals surface area contributed by atoms with Crippen LogP contribution in [0.2, 0.25) is 0 Å². The van der Waals surface area contributed by atoms with E-state index < -0.39 is 20.8 Å². The minimum atomic E-state index is -5.17.